The number of hydrogen-bond donors (Lipinski definition) is 1. The van der Waals surface area contributed by atoms with Crippen molar-refractivity contribution in [3.8, 4) is 0 Å². The molecular weight excluding hydrogens is 318 g/mol. The molecule has 2 N–H and O–H groups in total. The van der Waals surface area contributed by atoms with Gasteiger partial charge >= 0.3 is 0 Å². The highest BCUT2D eigenvalue weighted by atomic mass is 32.1. The number of carbonyl (C=O) groups excluding carboxylic acids is 1. The molecule has 1 aliphatic rings. The molecule has 0 spiro atoms. The van der Waals surface area contributed by atoms with Crippen molar-refractivity contribution in [1.82, 2.24) is 9.97 Å². The van der Waals surface area contributed by atoms with Gasteiger partial charge in [-0.1, -0.05) is 13.0 Å². The minimum Gasteiger partial charge on any atom is -0.397 e. The van der Waals surface area contributed by atoms with E-state index < -0.39 is 0 Å². The largest absolute Gasteiger partial charge is 0.397 e. The highest BCUT2D eigenvalue weighted by Crippen LogP contribution is 2.40. The standard InChI is InChI=1S/C19H19N3OS/c1-2-13-11-7-3-4-8-12(11)15-16(20)18(24-19(15)22-13)17(23)14-9-5-6-10-21-14/h5-6,9-10H,2-4,7-8,20H2,1H3. The Morgan fingerprint density at radius 1 is 1.25 bits per heavy atom. The minimum atomic E-state index is -0.112. The number of nitrogens with two attached hydrogens (primary N) is 1. The van der Waals surface area contributed by atoms with E-state index in [1.807, 2.05) is 6.07 Å². The van der Waals surface area contributed by atoms with Gasteiger partial charge in [-0.2, -0.15) is 0 Å². The van der Waals surface area contributed by atoms with E-state index in [2.05, 4.69) is 11.9 Å². The summed E-state index contributed by atoms with van der Waals surface area (Å²) in [7, 11) is 0. The SMILES string of the molecule is CCc1nc2sc(C(=O)c3ccccn3)c(N)c2c2c1CCCC2. The number of pyridine rings is 2. The van der Waals surface area contributed by atoms with E-state index in [9.17, 15) is 4.79 Å². The Morgan fingerprint density at radius 3 is 2.75 bits per heavy atom. The van der Waals surface area contributed by atoms with Crippen molar-refractivity contribution in [3.05, 3.63) is 51.8 Å². The molecule has 0 atom stereocenters. The predicted octanol–water partition coefficient (Wildman–Crippen LogP) is 3.95. The molecule has 24 heavy (non-hydrogen) atoms. The summed E-state index contributed by atoms with van der Waals surface area (Å²) in [5.41, 5.74) is 11.3. The number of nitrogen functional groups attached to an aromatic ring is 1. The topological polar surface area (TPSA) is 68.9 Å². The van der Waals surface area contributed by atoms with Crippen LogP contribution in [0.2, 0.25) is 0 Å². The summed E-state index contributed by atoms with van der Waals surface area (Å²) in [6.07, 6.45) is 7.02. The van der Waals surface area contributed by atoms with Crippen LogP contribution in [0, 0.1) is 0 Å². The van der Waals surface area contributed by atoms with Crippen LogP contribution in [0.1, 0.15) is 52.0 Å². The van der Waals surface area contributed by atoms with Gasteiger partial charge in [-0.05, 0) is 55.4 Å². The van der Waals surface area contributed by atoms with E-state index in [1.54, 1.807) is 18.3 Å². The van der Waals surface area contributed by atoms with Gasteiger partial charge in [-0.3, -0.25) is 9.78 Å². The Bertz CT molecular complexity index is 931. The number of anilines is 1. The van der Waals surface area contributed by atoms with Crippen LogP contribution in [-0.4, -0.2) is 15.8 Å². The number of fused-ring (bicyclic) bond motifs is 3. The normalized spacial score (nSPS) is 13.9. The Balaban J connectivity index is 1.93. The zero-order valence-corrected chi connectivity index (χ0v) is 14.4. The van der Waals surface area contributed by atoms with Gasteiger partial charge in [0.1, 0.15) is 15.4 Å². The van der Waals surface area contributed by atoms with Gasteiger partial charge in [-0.25, -0.2) is 4.98 Å². The molecule has 3 aromatic heterocycles. The average molecular weight is 337 g/mol. The van der Waals surface area contributed by atoms with Crippen molar-refractivity contribution in [2.75, 3.05) is 5.73 Å². The molecule has 4 rings (SSSR count). The molecular formula is C19H19N3OS. The van der Waals surface area contributed by atoms with Crippen LogP contribution >= 0.6 is 11.3 Å². The molecule has 0 aliphatic heterocycles. The van der Waals surface area contributed by atoms with E-state index in [-0.39, 0.29) is 5.78 Å². The molecule has 0 bridgehead atoms. The number of aromatic nitrogens is 2. The third-order valence-corrected chi connectivity index (χ3v) is 5.82. The highest BCUT2D eigenvalue weighted by Gasteiger charge is 2.25. The number of carbonyl (C=O) groups is 1. The first-order valence-electron chi connectivity index (χ1n) is 8.39. The molecule has 4 nitrogen and oxygen atoms in total. The maximum Gasteiger partial charge on any atom is 0.223 e. The molecule has 0 unspecified atom stereocenters. The third kappa shape index (κ3) is 2.31. The van der Waals surface area contributed by atoms with Crippen molar-refractivity contribution in [1.29, 1.82) is 0 Å². The molecule has 3 heterocycles. The van der Waals surface area contributed by atoms with Crippen LogP contribution in [0.25, 0.3) is 10.2 Å². The summed E-state index contributed by atoms with van der Waals surface area (Å²) in [5.74, 6) is -0.112. The second-order valence-electron chi connectivity index (χ2n) is 6.15. The van der Waals surface area contributed by atoms with Gasteiger partial charge in [0, 0.05) is 17.3 Å². The van der Waals surface area contributed by atoms with E-state index in [0.29, 0.717) is 16.3 Å². The predicted molar refractivity (Wildman–Crippen MR) is 97.7 cm³/mol. The van der Waals surface area contributed by atoms with Gasteiger partial charge in [-0.15, -0.1) is 11.3 Å². The monoisotopic (exact) mass is 337 g/mol. The third-order valence-electron chi connectivity index (χ3n) is 4.72. The fourth-order valence-electron chi connectivity index (χ4n) is 3.57. The van der Waals surface area contributed by atoms with E-state index >= 15 is 0 Å². The van der Waals surface area contributed by atoms with Crippen molar-refractivity contribution < 1.29 is 4.79 Å². The molecule has 0 aromatic carbocycles. The number of thiophene rings is 1. The van der Waals surface area contributed by atoms with Crippen LogP contribution < -0.4 is 5.73 Å². The van der Waals surface area contributed by atoms with E-state index in [1.165, 1.54) is 35.3 Å². The summed E-state index contributed by atoms with van der Waals surface area (Å²) in [4.78, 5) is 23.3. The van der Waals surface area contributed by atoms with Crippen LogP contribution in [0.4, 0.5) is 5.69 Å². The fraction of sp³-hybridized carbons (Fsp3) is 0.316. The van der Waals surface area contributed by atoms with E-state index in [4.69, 9.17) is 10.7 Å². The zero-order valence-electron chi connectivity index (χ0n) is 13.6. The molecule has 0 saturated carbocycles. The zero-order chi connectivity index (χ0) is 16.7. The average Bonchev–Trinajstić information content (AvgIpc) is 2.98. The van der Waals surface area contributed by atoms with Crippen molar-refractivity contribution >= 4 is 33.0 Å². The van der Waals surface area contributed by atoms with Gasteiger partial charge in [0.05, 0.1) is 5.69 Å². The number of rotatable bonds is 3. The van der Waals surface area contributed by atoms with Crippen molar-refractivity contribution in [2.24, 2.45) is 0 Å². The summed E-state index contributed by atoms with van der Waals surface area (Å²) in [6, 6.07) is 5.35. The van der Waals surface area contributed by atoms with Gasteiger partial charge < -0.3 is 5.73 Å². The molecule has 0 amide bonds. The summed E-state index contributed by atoms with van der Waals surface area (Å²) in [5, 5.41) is 1.01. The summed E-state index contributed by atoms with van der Waals surface area (Å²) < 4.78 is 0. The van der Waals surface area contributed by atoms with Crippen LogP contribution in [-0.2, 0) is 19.3 Å². The molecule has 0 saturated heterocycles. The molecule has 0 radical (unpaired) electrons. The molecule has 1 aliphatic carbocycles. The summed E-state index contributed by atoms with van der Waals surface area (Å²) >= 11 is 1.40. The number of nitrogens with zero attached hydrogens (tertiary/aromatic N) is 2. The van der Waals surface area contributed by atoms with Crippen molar-refractivity contribution in [3.63, 3.8) is 0 Å². The smallest absolute Gasteiger partial charge is 0.223 e. The van der Waals surface area contributed by atoms with E-state index in [0.717, 1.165) is 35.2 Å². The van der Waals surface area contributed by atoms with Crippen LogP contribution in [0.3, 0.4) is 0 Å². The van der Waals surface area contributed by atoms with Gasteiger partial charge in [0.15, 0.2) is 0 Å². The summed E-state index contributed by atoms with van der Waals surface area (Å²) in [6.45, 7) is 2.14. The van der Waals surface area contributed by atoms with Crippen LogP contribution in [0.5, 0.6) is 0 Å². The van der Waals surface area contributed by atoms with Gasteiger partial charge in [0.25, 0.3) is 0 Å². The Kier molecular flexibility index (Phi) is 3.81. The second-order valence-corrected chi connectivity index (χ2v) is 7.14. The lowest BCUT2D eigenvalue weighted by Crippen LogP contribution is -2.09. The number of ketones is 1. The number of aryl methyl sites for hydroxylation is 2. The fourth-order valence-corrected chi connectivity index (χ4v) is 4.66. The maximum atomic E-state index is 12.8. The first-order valence-corrected chi connectivity index (χ1v) is 9.20. The quantitative estimate of drug-likeness (QED) is 0.735. The lowest BCUT2D eigenvalue weighted by molar-refractivity contribution is 0.103. The molecule has 3 aromatic rings. The molecule has 122 valence electrons. The van der Waals surface area contributed by atoms with Gasteiger partial charge in [0.2, 0.25) is 5.78 Å². The molecule has 0 fully saturated rings. The second kappa shape index (κ2) is 5.98. The number of hydrogen-bond acceptors (Lipinski definition) is 5. The Morgan fingerprint density at radius 2 is 2.04 bits per heavy atom. The maximum absolute atomic E-state index is 12.8. The Hall–Kier alpha value is -2.27. The minimum absolute atomic E-state index is 0.112. The van der Waals surface area contributed by atoms with Crippen LogP contribution in [0.15, 0.2) is 24.4 Å². The Labute approximate surface area is 144 Å². The first-order chi connectivity index (χ1) is 11.7. The lowest BCUT2D eigenvalue weighted by Gasteiger charge is -2.19. The lowest BCUT2D eigenvalue weighted by atomic mass is 9.88. The highest BCUT2D eigenvalue weighted by molar-refractivity contribution is 7.21. The molecule has 5 heteroatoms. The first kappa shape index (κ1) is 15.3. The van der Waals surface area contributed by atoms with Crippen molar-refractivity contribution in [2.45, 2.75) is 39.0 Å².